The van der Waals surface area contributed by atoms with E-state index < -0.39 is 24.0 Å². The number of amides is 3. The third-order valence-corrected chi connectivity index (χ3v) is 4.64. The Balaban J connectivity index is -0.000000787. The molecule has 0 bridgehead atoms. The van der Waals surface area contributed by atoms with Crippen molar-refractivity contribution in [2.75, 3.05) is 20.3 Å². The van der Waals surface area contributed by atoms with Crippen LogP contribution in [0.3, 0.4) is 0 Å². The molecule has 0 aliphatic heterocycles. The van der Waals surface area contributed by atoms with Gasteiger partial charge in [-0.3, -0.25) is 9.59 Å². The molecule has 36 heavy (non-hydrogen) atoms. The van der Waals surface area contributed by atoms with Gasteiger partial charge < -0.3 is 25.4 Å². The second-order valence-corrected chi connectivity index (χ2v) is 8.18. The minimum Gasteiger partial charge on any atom is -0.467 e. The molecule has 9 heteroatoms. The number of hydrogen-bond donors (Lipinski definition) is 3. The number of esters is 1. The molecule has 3 amide bonds. The topological polar surface area (TPSA) is 123 Å². The summed E-state index contributed by atoms with van der Waals surface area (Å²) in [6.45, 7) is 23.4. The van der Waals surface area contributed by atoms with Gasteiger partial charge in [-0.15, -0.1) is 0 Å². The van der Waals surface area contributed by atoms with Gasteiger partial charge in [0.1, 0.15) is 6.04 Å². The number of nitrogens with one attached hydrogen (secondary N) is 3. The smallest absolute Gasteiger partial charge is 0.407 e. The predicted octanol–water partition coefficient (Wildman–Crippen LogP) is 5.07. The molecule has 9 nitrogen and oxygen atoms in total. The Morgan fingerprint density at radius 3 is 1.75 bits per heavy atom. The van der Waals surface area contributed by atoms with Crippen LogP contribution in [-0.4, -0.2) is 56.2 Å². The van der Waals surface area contributed by atoms with Gasteiger partial charge in [-0.25, -0.2) is 9.59 Å². The van der Waals surface area contributed by atoms with Gasteiger partial charge in [0, 0.05) is 12.0 Å². The van der Waals surface area contributed by atoms with Crippen LogP contribution in [0.15, 0.2) is 0 Å². The zero-order chi connectivity index (χ0) is 29.3. The van der Waals surface area contributed by atoms with Crippen molar-refractivity contribution < 1.29 is 28.7 Å². The van der Waals surface area contributed by atoms with Crippen molar-refractivity contribution in [3.8, 4) is 0 Å². The molecular formula is C27H57N3O6. The summed E-state index contributed by atoms with van der Waals surface area (Å²) in [5.74, 6) is -1.24. The molecule has 0 aromatic carbocycles. The van der Waals surface area contributed by atoms with Crippen LogP contribution in [-0.2, 0) is 23.9 Å². The number of carbonyl (C=O) groups excluding carboxylic acids is 4. The second kappa shape index (κ2) is 27.3. The summed E-state index contributed by atoms with van der Waals surface area (Å²) < 4.78 is 9.58. The van der Waals surface area contributed by atoms with Gasteiger partial charge >= 0.3 is 12.1 Å². The summed E-state index contributed by atoms with van der Waals surface area (Å²) in [4.78, 5) is 48.1. The lowest BCUT2D eigenvalue weighted by atomic mass is 9.89. The number of carbonyl (C=O) groups is 4. The zero-order valence-electron chi connectivity index (χ0n) is 25.4. The first-order valence-electron chi connectivity index (χ1n) is 13.6. The first kappa shape index (κ1) is 40.8. The fourth-order valence-electron chi connectivity index (χ4n) is 3.01. The van der Waals surface area contributed by atoms with Crippen LogP contribution in [0, 0.1) is 17.8 Å². The van der Waals surface area contributed by atoms with Crippen LogP contribution in [0.5, 0.6) is 0 Å². The Morgan fingerprint density at radius 1 is 0.806 bits per heavy atom. The van der Waals surface area contributed by atoms with E-state index in [1.54, 1.807) is 6.92 Å². The van der Waals surface area contributed by atoms with Gasteiger partial charge in [-0.05, 0) is 44.9 Å². The average Bonchev–Trinajstić information content (AvgIpc) is 2.85. The molecule has 3 atom stereocenters. The first-order valence-corrected chi connectivity index (χ1v) is 13.6. The summed E-state index contributed by atoms with van der Waals surface area (Å²) in [7, 11) is 1.27. The molecule has 0 saturated heterocycles. The highest BCUT2D eigenvalue weighted by molar-refractivity contribution is 5.88. The van der Waals surface area contributed by atoms with Crippen LogP contribution < -0.4 is 16.0 Å². The van der Waals surface area contributed by atoms with Crippen molar-refractivity contribution in [1.29, 1.82) is 0 Å². The van der Waals surface area contributed by atoms with Gasteiger partial charge in [-0.1, -0.05) is 69.2 Å². The molecule has 0 aromatic heterocycles. The number of alkyl carbamates (subject to hydrolysis) is 1. The zero-order valence-corrected chi connectivity index (χ0v) is 25.4. The van der Waals surface area contributed by atoms with Gasteiger partial charge in [0.25, 0.3) is 0 Å². The Morgan fingerprint density at radius 2 is 1.33 bits per heavy atom. The monoisotopic (exact) mass is 519 g/mol. The molecule has 0 aliphatic carbocycles. The van der Waals surface area contributed by atoms with Gasteiger partial charge in [0.05, 0.1) is 20.3 Å². The van der Waals surface area contributed by atoms with E-state index in [0.29, 0.717) is 25.9 Å². The molecular weight excluding hydrogens is 462 g/mol. The summed E-state index contributed by atoms with van der Waals surface area (Å²) in [6.07, 6.45) is 1.12. The normalized spacial score (nSPS) is 12.1. The summed E-state index contributed by atoms with van der Waals surface area (Å²) >= 11 is 0. The van der Waals surface area contributed by atoms with E-state index in [1.165, 1.54) is 7.11 Å². The van der Waals surface area contributed by atoms with Crippen LogP contribution in [0.1, 0.15) is 102 Å². The van der Waals surface area contributed by atoms with Crippen molar-refractivity contribution in [2.45, 2.75) is 114 Å². The fraction of sp³-hybridized carbons (Fsp3) is 0.852. The molecule has 0 aromatic rings. The molecule has 0 rings (SSSR count). The van der Waals surface area contributed by atoms with Gasteiger partial charge in [0.2, 0.25) is 11.8 Å². The molecule has 0 heterocycles. The van der Waals surface area contributed by atoms with Gasteiger partial charge in [-0.2, -0.15) is 0 Å². The maximum absolute atomic E-state index is 12.6. The highest BCUT2D eigenvalue weighted by atomic mass is 16.5. The Kier molecular flexibility index (Phi) is 30.9. The SMILES string of the molecule is CC.CC.CC.CCOC(=O)N[C@@H](C)CCC(C(=O)NCC(=O)N[C@@H](CC(C)C)C(=O)OC)C(C)C. The van der Waals surface area contributed by atoms with E-state index in [2.05, 4.69) is 16.0 Å². The minimum absolute atomic E-state index is 0.0617. The highest BCUT2D eigenvalue weighted by Crippen LogP contribution is 2.18. The molecule has 0 fully saturated rings. The molecule has 3 N–H and O–H groups in total. The molecule has 0 spiro atoms. The maximum atomic E-state index is 12.6. The lowest BCUT2D eigenvalue weighted by molar-refractivity contribution is -0.145. The number of hydrogen-bond acceptors (Lipinski definition) is 6. The molecule has 0 saturated carbocycles. The van der Waals surface area contributed by atoms with E-state index in [9.17, 15) is 19.2 Å². The van der Waals surface area contributed by atoms with E-state index in [0.717, 1.165) is 0 Å². The van der Waals surface area contributed by atoms with Crippen LogP contribution in [0.4, 0.5) is 4.79 Å². The number of rotatable bonds is 13. The summed E-state index contributed by atoms with van der Waals surface area (Å²) in [5, 5.41) is 7.98. The Hall–Kier alpha value is -2.32. The molecule has 216 valence electrons. The third kappa shape index (κ3) is 22.2. The predicted molar refractivity (Wildman–Crippen MR) is 148 cm³/mol. The standard InChI is InChI=1S/C21H39N3O6.3C2H6/c1-8-30-21(28)23-15(6)9-10-16(14(4)5)19(26)22-12-18(25)24-17(11-13(2)3)20(27)29-7;3*1-2/h13-17H,8-12H2,1-7H3,(H,22,26)(H,23,28)(H,24,25);3*1-2H3/t15-,16?,17-;;;/m0.../s1. The third-order valence-electron chi connectivity index (χ3n) is 4.64. The summed E-state index contributed by atoms with van der Waals surface area (Å²) in [6, 6.07) is -0.881. The fourth-order valence-corrected chi connectivity index (χ4v) is 3.01. The van der Waals surface area contributed by atoms with Crippen molar-refractivity contribution in [2.24, 2.45) is 17.8 Å². The minimum atomic E-state index is -0.741. The maximum Gasteiger partial charge on any atom is 0.407 e. The van der Waals surface area contributed by atoms with Crippen molar-refractivity contribution in [3.05, 3.63) is 0 Å². The lowest BCUT2D eigenvalue weighted by Gasteiger charge is -2.23. The van der Waals surface area contributed by atoms with Crippen molar-refractivity contribution in [1.82, 2.24) is 16.0 Å². The first-order chi connectivity index (χ1) is 17.0. The second-order valence-electron chi connectivity index (χ2n) is 8.18. The van der Waals surface area contributed by atoms with E-state index in [-0.39, 0.29) is 36.2 Å². The Labute approximate surface area is 221 Å². The van der Waals surface area contributed by atoms with E-state index in [4.69, 9.17) is 9.47 Å². The summed E-state index contributed by atoms with van der Waals surface area (Å²) in [5.41, 5.74) is 0. The Bertz CT molecular complexity index is 568. The highest BCUT2D eigenvalue weighted by Gasteiger charge is 2.25. The lowest BCUT2D eigenvalue weighted by Crippen LogP contribution is -2.47. The average molecular weight is 520 g/mol. The number of methoxy groups -OCH3 is 1. The number of ether oxygens (including phenoxy) is 2. The van der Waals surface area contributed by atoms with Crippen molar-refractivity contribution >= 4 is 23.9 Å². The molecule has 0 aliphatic rings. The van der Waals surface area contributed by atoms with Gasteiger partial charge in [0.15, 0.2) is 0 Å². The van der Waals surface area contributed by atoms with Crippen LogP contribution >= 0.6 is 0 Å². The molecule has 1 unspecified atom stereocenters. The van der Waals surface area contributed by atoms with E-state index in [1.807, 2.05) is 76.2 Å². The van der Waals surface area contributed by atoms with Crippen molar-refractivity contribution in [3.63, 3.8) is 0 Å². The van der Waals surface area contributed by atoms with Crippen LogP contribution in [0.2, 0.25) is 0 Å². The quantitative estimate of drug-likeness (QED) is 0.292. The van der Waals surface area contributed by atoms with Crippen LogP contribution in [0.25, 0.3) is 0 Å². The van der Waals surface area contributed by atoms with E-state index >= 15 is 0 Å². The molecule has 0 radical (unpaired) electrons. The largest absolute Gasteiger partial charge is 0.467 e.